The van der Waals surface area contributed by atoms with E-state index in [-0.39, 0.29) is 6.42 Å². The summed E-state index contributed by atoms with van der Waals surface area (Å²) in [6.07, 6.45) is -2.86. The van der Waals surface area contributed by atoms with Crippen LogP contribution in [0, 0.1) is 0 Å². The molecule has 0 fully saturated rings. The van der Waals surface area contributed by atoms with Gasteiger partial charge in [0, 0.05) is 6.42 Å². The van der Waals surface area contributed by atoms with E-state index in [1.54, 1.807) is 0 Å². The predicted molar refractivity (Wildman–Crippen MR) is 44.6 cm³/mol. The Bertz CT molecular complexity index is 131. The van der Waals surface area contributed by atoms with E-state index < -0.39 is 23.9 Å². The lowest BCUT2D eigenvalue weighted by molar-refractivity contribution is -0.0965. The number of rotatable bonds is 4. The topological polar surface area (TPSA) is 80.9 Å². The molecule has 0 aromatic rings. The van der Waals surface area contributed by atoms with Crippen LogP contribution in [0.1, 0.15) is 27.2 Å². The molecule has 0 aromatic carbocycles. The minimum absolute atomic E-state index is 0.0394. The normalized spacial score (nSPS) is 24.2. The highest BCUT2D eigenvalue weighted by molar-refractivity contribution is 4.83. The van der Waals surface area contributed by atoms with Gasteiger partial charge >= 0.3 is 0 Å². The summed E-state index contributed by atoms with van der Waals surface area (Å²) >= 11 is 0. The van der Waals surface area contributed by atoms with Gasteiger partial charge in [0.25, 0.3) is 0 Å². The smallest absolute Gasteiger partial charge is 0.0900 e. The molecule has 4 heteroatoms. The second-order valence-corrected chi connectivity index (χ2v) is 3.55. The van der Waals surface area contributed by atoms with Gasteiger partial charge in [0.2, 0.25) is 0 Å². The van der Waals surface area contributed by atoms with Gasteiger partial charge in [-0.25, -0.2) is 0 Å². The van der Waals surface area contributed by atoms with Crippen LogP contribution in [0.15, 0.2) is 0 Å². The summed E-state index contributed by atoms with van der Waals surface area (Å²) < 4.78 is 0. The van der Waals surface area contributed by atoms with E-state index in [4.69, 9.17) is 10.2 Å². The fraction of sp³-hybridized carbons (Fsp3) is 1.00. The lowest BCUT2D eigenvalue weighted by atomic mass is 9.91. The van der Waals surface area contributed by atoms with Crippen molar-refractivity contribution in [2.75, 3.05) is 0 Å². The average molecular weight is 178 g/mol. The molecule has 4 nitrogen and oxygen atoms in total. The summed E-state index contributed by atoms with van der Waals surface area (Å²) in [6, 6.07) is 0. The lowest BCUT2D eigenvalue weighted by Crippen LogP contribution is -2.42. The van der Waals surface area contributed by atoms with Gasteiger partial charge in [0.05, 0.1) is 23.9 Å². The van der Waals surface area contributed by atoms with Gasteiger partial charge in [-0.15, -0.1) is 0 Å². The van der Waals surface area contributed by atoms with Crippen LogP contribution in [0.5, 0.6) is 0 Å². The zero-order valence-electron chi connectivity index (χ0n) is 7.73. The first-order chi connectivity index (χ1) is 5.27. The predicted octanol–water partition coefficient (Wildman–Crippen LogP) is -0.750. The monoisotopic (exact) mass is 178 g/mol. The van der Waals surface area contributed by atoms with Crippen LogP contribution in [-0.4, -0.2) is 44.3 Å². The van der Waals surface area contributed by atoms with Crippen LogP contribution >= 0.6 is 0 Å². The van der Waals surface area contributed by atoms with Crippen molar-refractivity contribution in [1.82, 2.24) is 0 Å². The van der Waals surface area contributed by atoms with Crippen molar-refractivity contribution in [2.24, 2.45) is 0 Å². The molecule has 0 aliphatic rings. The first-order valence-corrected chi connectivity index (χ1v) is 4.04. The Hall–Kier alpha value is -0.160. The average Bonchev–Trinajstić information content (AvgIpc) is 1.85. The van der Waals surface area contributed by atoms with Crippen LogP contribution < -0.4 is 0 Å². The zero-order chi connectivity index (χ0) is 9.94. The summed E-state index contributed by atoms with van der Waals surface area (Å²) in [6.45, 7) is 4.29. The minimum Gasteiger partial charge on any atom is -0.391 e. The standard InChI is InChI=1S/C8H18O4/c1-5(9)7(11)4-8(3,12)6(2)10/h5-7,9-12H,4H2,1-3H3. The molecule has 0 aliphatic heterocycles. The molecule has 0 saturated carbocycles. The summed E-state index contributed by atoms with van der Waals surface area (Å²) in [5, 5.41) is 36.7. The van der Waals surface area contributed by atoms with E-state index in [0.717, 1.165) is 0 Å². The zero-order valence-corrected chi connectivity index (χ0v) is 7.73. The van der Waals surface area contributed by atoms with Crippen LogP contribution in [0.2, 0.25) is 0 Å². The fourth-order valence-corrected chi connectivity index (χ4v) is 0.765. The van der Waals surface area contributed by atoms with Crippen molar-refractivity contribution in [3.63, 3.8) is 0 Å². The Morgan fingerprint density at radius 3 is 1.83 bits per heavy atom. The Morgan fingerprint density at radius 2 is 1.58 bits per heavy atom. The van der Waals surface area contributed by atoms with E-state index in [0.29, 0.717) is 0 Å². The Morgan fingerprint density at radius 1 is 1.17 bits per heavy atom. The molecule has 0 amide bonds. The van der Waals surface area contributed by atoms with Crippen LogP contribution in [0.4, 0.5) is 0 Å². The second-order valence-electron chi connectivity index (χ2n) is 3.55. The first kappa shape index (κ1) is 11.8. The first-order valence-electron chi connectivity index (χ1n) is 4.04. The molecule has 0 rings (SSSR count). The quantitative estimate of drug-likeness (QED) is 0.456. The molecule has 0 saturated heterocycles. The Kier molecular flexibility index (Phi) is 4.13. The second kappa shape index (κ2) is 4.18. The highest BCUT2D eigenvalue weighted by atomic mass is 16.3. The molecule has 4 N–H and O–H groups in total. The largest absolute Gasteiger partial charge is 0.391 e. The molecule has 12 heavy (non-hydrogen) atoms. The van der Waals surface area contributed by atoms with Crippen molar-refractivity contribution in [2.45, 2.75) is 51.1 Å². The molecule has 0 bridgehead atoms. The number of hydrogen-bond acceptors (Lipinski definition) is 4. The van der Waals surface area contributed by atoms with E-state index in [9.17, 15) is 10.2 Å². The van der Waals surface area contributed by atoms with E-state index in [2.05, 4.69) is 0 Å². The molecule has 0 radical (unpaired) electrons. The van der Waals surface area contributed by atoms with Gasteiger partial charge in [-0.1, -0.05) is 0 Å². The van der Waals surface area contributed by atoms with Gasteiger partial charge in [0.1, 0.15) is 0 Å². The summed E-state index contributed by atoms with van der Waals surface area (Å²) in [5.74, 6) is 0. The molecule has 4 unspecified atom stereocenters. The van der Waals surface area contributed by atoms with E-state index in [1.807, 2.05) is 0 Å². The van der Waals surface area contributed by atoms with Crippen molar-refractivity contribution in [3.8, 4) is 0 Å². The third-order valence-electron chi connectivity index (χ3n) is 2.08. The maximum Gasteiger partial charge on any atom is 0.0900 e. The maximum absolute atomic E-state index is 9.49. The third-order valence-corrected chi connectivity index (χ3v) is 2.08. The van der Waals surface area contributed by atoms with Gasteiger partial charge in [-0.3, -0.25) is 0 Å². The van der Waals surface area contributed by atoms with Crippen LogP contribution in [0.3, 0.4) is 0 Å². The number of aliphatic hydroxyl groups excluding tert-OH is 3. The van der Waals surface area contributed by atoms with Gasteiger partial charge in [0.15, 0.2) is 0 Å². The lowest BCUT2D eigenvalue weighted by Gasteiger charge is -2.29. The fourth-order valence-electron chi connectivity index (χ4n) is 0.765. The van der Waals surface area contributed by atoms with E-state index >= 15 is 0 Å². The number of hydrogen-bond donors (Lipinski definition) is 4. The van der Waals surface area contributed by atoms with Gasteiger partial charge in [-0.05, 0) is 20.8 Å². The molecular weight excluding hydrogens is 160 g/mol. The Labute approximate surface area is 72.5 Å². The Balaban J connectivity index is 4.05. The van der Waals surface area contributed by atoms with Gasteiger partial charge in [-0.2, -0.15) is 0 Å². The summed E-state index contributed by atoms with van der Waals surface area (Å²) in [5.41, 5.74) is -1.35. The van der Waals surface area contributed by atoms with Crippen molar-refractivity contribution in [3.05, 3.63) is 0 Å². The van der Waals surface area contributed by atoms with Crippen molar-refractivity contribution < 1.29 is 20.4 Å². The van der Waals surface area contributed by atoms with E-state index in [1.165, 1.54) is 20.8 Å². The molecule has 0 spiro atoms. The molecule has 74 valence electrons. The molecule has 0 aliphatic carbocycles. The summed E-state index contributed by atoms with van der Waals surface area (Å²) in [7, 11) is 0. The highest BCUT2D eigenvalue weighted by Gasteiger charge is 2.31. The van der Waals surface area contributed by atoms with Crippen molar-refractivity contribution >= 4 is 0 Å². The van der Waals surface area contributed by atoms with Crippen LogP contribution in [0.25, 0.3) is 0 Å². The van der Waals surface area contributed by atoms with Crippen LogP contribution in [-0.2, 0) is 0 Å². The summed E-state index contributed by atoms with van der Waals surface area (Å²) in [4.78, 5) is 0. The minimum atomic E-state index is -1.35. The molecule has 0 aromatic heterocycles. The maximum atomic E-state index is 9.49. The molecule has 0 heterocycles. The highest BCUT2D eigenvalue weighted by Crippen LogP contribution is 2.18. The van der Waals surface area contributed by atoms with Gasteiger partial charge < -0.3 is 20.4 Å². The van der Waals surface area contributed by atoms with Crippen molar-refractivity contribution in [1.29, 1.82) is 0 Å². The molecular formula is C8H18O4. The number of aliphatic hydroxyl groups is 4. The third kappa shape index (κ3) is 3.49. The molecule has 4 atom stereocenters. The SMILES string of the molecule is CC(O)C(O)CC(C)(O)C(C)O.